The maximum Gasteiger partial charge on any atom is 0.224 e. The van der Waals surface area contributed by atoms with Crippen molar-refractivity contribution >= 4 is 29.1 Å². The molecule has 2 N–H and O–H groups in total. The van der Waals surface area contributed by atoms with Crippen molar-refractivity contribution in [2.75, 3.05) is 24.3 Å². The van der Waals surface area contributed by atoms with Gasteiger partial charge in [-0.1, -0.05) is 29.8 Å². The molecule has 0 bridgehead atoms. The van der Waals surface area contributed by atoms with Gasteiger partial charge in [0.15, 0.2) is 0 Å². The van der Waals surface area contributed by atoms with Crippen LogP contribution in [-0.4, -0.2) is 23.6 Å². The fourth-order valence-electron chi connectivity index (χ4n) is 2.61. The first-order chi connectivity index (χ1) is 12.6. The van der Waals surface area contributed by atoms with E-state index in [4.69, 9.17) is 16.3 Å². The molecule has 0 amide bonds. The number of hydrogen-bond acceptors (Lipinski definition) is 5. The number of aryl methyl sites for hydroxylation is 1. The van der Waals surface area contributed by atoms with E-state index in [1.54, 1.807) is 7.11 Å². The van der Waals surface area contributed by atoms with Gasteiger partial charge in [-0.2, -0.15) is 4.98 Å². The Kier molecular flexibility index (Phi) is 5.92. The summed E-state index contributed by atoms with van der Waals surface area (Å²) in [5.74, 6) is 2.22. The normalized spacial score (nSPS) is 10.4. The first kappa shape index (κ1) is 18.0. The molecule has 3 aromatic rings. The molecule has 3 rings (SSSR count). The smallest absolute Gasteiger partial charge is 0.224 e. The topological polar surface area (TPSA) is 59.1 Å². The maximum atomic E-state index is 5.92. The molecule has 0 saturated heterocycles. The highest BCUT2D eigenvalue weighted by Crippen LogP contribution is 2.20. The lowest BCUT2D eigenvalue weighted by molar-refractivity contribution is 0.410. The Morgan fingerprint density at radius 2 is 1.81 bits per heavy atom. The van der Waals surface area contributed by atoms with Crippen molar-refractivity contribution in [3.63, 3.8) is 0 Å². The molecule has 0 radical (unpaired) electrons. The Morgan fingerprint density at radius 1 is 1.04 bits per heavy atom. The lowest BCUT2D eigenvalue weighted by atomic mass is 10.1. The highest BCUT2D eigenvalue weighted by molar-refractivity contribution is 6.30. The average molecular weight is 369 g/mol. The zero-order chi connectivity index (χ0) is 18.4. The van der Waals surface area contributed by atoms with Crippen molar-refractivity contribution in [3.8, 4) is 5.75 Å². The average Bonchev–Trinajstić information content (AvgIpc) is 2.64. The van der Waals surface area contributed by atoms with Crippen LogP contribution < -0.4 is 15.4 Å². The van der Waals surface area contributed by atoms with Gasteiger partial charge >= 0.3 is 0 Å². The summed E-state index contributed by atoms with van der Waals surface area (Å²) in [5.41, 5.74) is 2.96. The van der Waals surface area contributed by atoms with E-state index in [9.17, 15) is 0 Å². The van der Waals surface area contributed by atoms with Crippen LogP contribution >= 0.6 is 11.6 Å². The molecule has 0 atom stereocenters. The summed E-state index contributed by atoms with van der Waals surface area (Å²) in [5, 5.41) is 7.25. The second kappa shape index (κ2) is 8.54. The summed E-state index contributed by atoms with van der Waals surface area (Å²) in [4.78, 5) is 8.98. The van der Waals surface area contributed by atoms with Crippen molar-refractivity contribution in [2.45, 2.75) is 13.3 Å². The molecule has 5 nitrogen and oxygen atoms in total. The highest BCUT2D eigenvalue weighted by atomic mass is 35.5. The number of ether oxygens (including phenoxy) is 1. The van der Waals surface area contributed by atoms with Crippen LogP contribution in [0.15, 0.2) is 54.6 Å². The Bertz CT molecular complexity index is 868. The number of nitrogens with zero attached hydrogens (tertiary/aromatic N) is 2. The molecule has 2 aromatic carbocycles. The van der Waals surface area contributed by atoms with E-state index in [-0.39, 0.29) is 0 Å². The number of anilines is 3. The van der Waals surface area contributed by atoms with Crippen molar-refractivity contribution in [3.05, 3.63) is 70.9 Å². The monoisotopic (exact) mass is 368 g/mol. The summed E-state index contributed by atoms with van der Waals surface area (Å²) in [6, 6.07) is 17.4. The van der Waals surface area contributed by atoms with Gasteiger partial charge in [-0.05, 0) is 49.2 Å². The predicted octanol–water partition coefficient (Wildman–Crippen LogP) is 4.85. The van der Waals surface area contributed by atoms with Crippen molar-refractivity contribution in [1.82, 2.24) is 9.97 Å². The zero-order valence-corrected chi connectivity index (χ0v) is 15.5. The summed E-state index contributed by atoms with van der Waals surface area (Å²) < 4.78 is 5.38. The van der Waals surface area contributed by atoms with Gasteiger partial charge in [0, 0.05) is 29.0 Å². The molecule has 0 spiro atoms. The van der Waals surface area contributed by atoms with Crippen LogP contribution in [0.4, 0.5) is 17.5 Å². The van der Waals surface area contributed by atoms with Crippen molar-refractivity contribution < 1.29 is 4.74 Å². The lowest BCUT2D eigenvalue weighted by Crippen LogP contribution is -2.10. The Hall–Kier alpha value is -2.79. The van der Waals surface area contributed by atoms with Gasteiger partial charge in [-0.25, -0.2) is 4.98 Å². The third-order valence-electron chi connectivity index (χ3n) is 3.84. The number of aromatic nitrogens is 2. The van der Waals surface area contributed by atoms with E-state index < -0.39 is 0 Å². The van der Waals surface area contributed by atoms with Gasteiger partial charge < -0.3 is 15.4 Å². The SMILES string of the molecule is COc1ccccc1CCNc1nc(C)cc(Nc2ccc(Cl)cc2)n1. The second-order valence-corrected chi connectivity index (χ2v) is 6.28. The number of para-hydroxylation sites is 1. The van der Waals surface area contributed by atoms with Crippen LogP contribution in [0.25, 0.3) is 0 Å². The molecular formula is C20H21ClN4O. The van der Waals surface area contributed by atoms with Crippen LogP contribution in [0.5, 0.6) is 5.75 Å². The quantitative estimate of drug-likeness (QED) is 0.624. The van der Waals surface area contributed by atoms with E-state index in [0.717, 1.165) is 34.9 Å². The molecule has 0 aliphatic heterocycles. The number of halogens is 1. The van der Waals surface area contributed by atoms with Gasteiger partial charge in [-0.15, -0.1) is 0 Å². The molecule has 6 heteroatoms. The fraction of sp³-hybridized carbons (Fsp3) is 0.200. The predicted molar refractivity (Wildman–Crippen MR) is 107 cm³/mol. The Morgan fingerprint density at radius 3 is 2.58 bits per heavy atom. The summed E-state index contributed by atoms with van der Waals surface area (Å²) >= 11 is 5.92. The lowest BCUT2D eigenvalue weighted by Gasteiger charge is -2.11. The molecule has 0 fully saturated rings. The molecule has 1 aromatic heterocycles. The number of methoxy groups -OCH3 is 1. The number of hydrogen-bond donors (Lipinski definition) is 2. The van der Waals surface area contributed by atoms with Crippen LogP contribution in [0.1, 0.15) is 11.3 Å². The number of rotatable bonds is 7. The van der Waals surface area contributed by atoms with E-state index in [1.807, 2.05) is 55.5 Å². The molecular weight excluding hydrogens is 348 g/mol. The van der Waals surface area contributed by atoms with E-state index in [1.165, 1.54) is 0 Å². The first-order valence-corrected chi connectivity index (χ1v) is 8.76. The standard InChI is InChI=1S/C20H21ClN4O/c1-14-13-19(24-17-9-7-16(21)8-10-17)25-20(23-14)22-12-11-15-5-3-4-6-18(15)26-2/h3-10,13H,11-12H2,1-2H3,(H2,22,23,24,25). The van der Waals surface area contributed by atoms with E-state index in [2.05, 4.69) is 26.7 Å². The minimum Gasteiger partial charge on any atom is -0.496 e. The largest absolute Gasteiger partial charge is 0.496 e. The van der Waals surface area contributed by atoms with Gasteiger partial charge in [0.05, 0.1) is 7.11 Å². The van der Waals surface area contributed by atoms with Crippen molar-refractivity contribution in [2.24, 2.45) is 0 Å². The van der Waals surface area contributed by atoms with Crippen LogP contribution in [0.2, 0.25) is 5.02 Å². The van der Waals surface area contributed by atoms with Gasteiger partial charge in [-0.3, -0.25) is 0 Å². The number of benzene rings is 2. The number of nitrogens with one attached hydrogen (secondary N) is 2. The minimum atomic E-state index is 0.594. The zero-order valence-electron chi connectivity index (χ0n) is 14.8. The summed E-state index contributed by atoms with van der Waals surface area (Å²) in [7, 11) is 1.69. The summed E-state index contributed by atoms with van der Waals surface area (Å²) in [6.07, 6.45) is 0.821. The molecule has 134 valence electrons. The third-order valence-corrected chi connectivity index (χ3v) is 4.09. The molecule has 0 saturated carbocycles. The van der Waals surface area contributed by atoms with Crippen LogP contribution in [0, 0.1) is 6.92 Å². The van der Waals surface area contributed by atoms with Gasteiger partial charge in [0.2, 0.25) is 5.95 Å². The molecule has 0 aliphatic carbocycles. The third kappa shape index (κ3) is 4.86. The minimum absolute atomic E-state index is 0.594. The molecule has 1 heterocycles. The van der Waals surface area contributed by atoms with E-state index in [0.29, 0.717) is 17.5 Å². The van der Waals surface area contributed by atoms with Gasteiger partial charge in [0.25, 0.3) is 0 Å². The van der Waals surface area contributed by atoms with E-state index >= 15 is 0 Å². The van der Waals surface area contributed by atoms with Crippen LogP contribution in [0.3, 0.4) is 0 Å². The first-order valence-electron chi connectivity index (χ1n) is 8.38. The Balaban J connectivity index is 1.65. The maximum absolute atomic E-state index is 5.92. The highest BCUT2D eigenvalue weighted by Gasteiger charge is 2.05. The summed E-state index contributed by atoms with van der Waals surface area (Å²) in [6.45, 7) is 2.66. The van der Waals surface area contributed by atoms with Crippen molar-refractivity contribution in [1.29, 1.82) is 0 Å². The second-order valence-electron chi connectivity index (χ2n) is 5.84. The Labute approximate surface area is 158 Å². The molecule has 0 aliphatic rings. The molecule has 0 unspecified atom stereocenters. The molecule has 26 heavy (non-hydrogen) atoms. The van der Waals surface area contributed by atoms with Crippen LogP contribution in [-0.2, 0) is 6.42 Å². The van der Waals surface area contributed by atoms with Gasteiger partial charge in [0.1, 0.15) is 11.6 Å². The fourth-order valence-corrected chi connectivity index (χ4v) is 2.74.